The largest absolute Gasteiger partial charge is 0.314 e. The molecule has 1 saturated heterocycles. The fraction of sp³-hybridized carbons (Fsp3) is 0.353. The Labute approximate surface area is 141 Å². The van der Waals surface area contributed by atoms with Crippen molar-refractivity contribution in [2.45, 2.75) is 13.0 Å². The molecule has 0 bridgehead atoms. The lowest BCUT2D eigenvalue weighted by molar-refractivity contribution is 0.198. The molecule has 3 rings (SSSR count). The van der Waals surface area contributed by atoms with E-state index < -0.39 is 0 Å². The average Bonchev–Trinajstić information content (AvgIpc) is 2.54. The highest BCUT2D eigenvalue weighted by atomic mass is 35.5. The Balaban J connectivity index is 2.05. The molecule has 1 aliphatic heterocycles. The van der Waals surface area contributed by atoms with Crippen LogP contribution in [-0.4, -0.2) is 36.1 Å². The van der Waals surface area contributed by atoms with Crippen molar-refractivity contribution in [1.82, 2.24) is 15.2 Å². The van der Waals surface area contributed by atoms with Gasteiger partial charge in [0.25, 0.3) is 0 Å². The molecule has 22 heavy (non-hydrogen) atoms. The van der Waals surface area contributed by atoms with Gasteiger partial charge in [-0.05, 0) is 41.8 Å². The molecular formula is C17H19Cl2N3. The first-order valence-corrected chi connectivity index (χ1v) is 8.22. The molecule has 0 amide bonds. The van der Waals surface area contributed by atoms with Gasteiger partial charge in [0.2, 0.25) is 0 Å². The highest BCUT2D eigenvalue weighted by Gasteiger charge is 2.25. The monoisotopic (exact) mass is 335 g/mol. The third-order valence-corrected chi connectivity index (χ3v) is 4.87. The molecule has 0 spiro atoms. The van der Waals surface area contributed by atoms with Gasteiger partial charge in [-0.15, -0.1) is 0 Å². The van der Waals surface area contributed by atoms with Crippen LogP contribution in [0.1, 0.15) is 22.7 Å². The number of nitrogens with one attached hydrogen (secondary N) is 1. The number of hydrogen-bond donors (Lipinski definition) is 1. The molecule has 0 radical (unpaired) electrons. The number of aryl methyl sites for hydroxylation is 1. The minimum Gasteiger partial charge on any atom is -0.314 e. The van der Waals surface area contributed by atoms with Crippen LogP contribution in [0.15, 0.2) is 36.7 Å². The van der Waals surface area contributed by atoms with Crippen molar-refractivity contribution in [3.8, 4) is 0 Å². The predicted octanol–water partition coefficient (Wildman–Crippen LogP) is 3.69. The van der Waals surface area contributed by atoms with E-state index in [9.17, 15) is 0 Å². The molecule has 1 aromatic carbocycles. The van der Waals surface area contributed by atoms with Crippen molar-refractivity contribution < 1.29 is 0 Å². The van der Waals surface area contributed by atoms with E-state index in [4.69, 9.17) is 23.2 Å². The van der Waals surface area contributed by atoms with Gasteiger partial charge in [-0.3, -0.25) is 9.88 Å². The van der Waals surface area contributed by atoms with E-state index in [1.165, 1.54) is 16.7 Å². The lowest BCUT2D eigenvalue weighted by Gasteiger charge is -2.36. The molecule has 2 aromatic rings. The lowest BCUT2D eigenvalue weighted by Crippen LogP contribution is -2.45. The maximum atomic E-state index is 6.25. The average molecular weight is 336 g/mol. The van der Waals surface area contributed by atoms with Crippen LogP contribution in [-0.2, 0) is 0 Å². The number of aromatic nitrogens is 1. The minimum absolute atomic E-state index is 0.180. The van der Waals surface area contributed by atoms with E-state index >= 15 is 0 Å². The Morgan fingerprint density at radius 2 is 1.91 bits per heavy atom. The van der Waals surface area contributed by atoms with Gasteiger partial charge >= 0.3 is 0 Å². The summed E-state index contributed by atoms with van der Waals surface area (Å²) in [6.07, 6.45) is 3.77. The molecule has 2 heterocycles. The van der Waals surface area contributed by atoms with Crippen molar-refractivity contribution in [2.75, 3.05) is 26.2 Å². The first kappa shape index (κ1) is 15.8. The van der Waals surface area contributed by atoms with Crippen LogP contribution < -0.4 is 5.32 Å². The Morgan fingerprint density at radius 1 is 1.14 bits per heavy atom. The molecule has 1 aromatic heterocycles. The molecule has 1 atom stereocenters. The molecule has 1 N–H and O–H groups in total. The van der Waals surface area contributed by atoms with Gasteiger partial charge in [-0.25, -0.2) is 0 Å². The standard InChI is InChI=1S/C17H19Cl2N3/c1-12-11-21-5-4-14(12)17(22-8-6-20-7-9-22)13-2-3-15(18)16(19)10-13/h2-5,10-11,17,20H,6-9H2,1H3. The maximum Gasteiger partial charge on any atom is 0.0606 e. The molecule has 5 heteroatoms. The Morgan fingerprint density at radius 3 is 2.59 bits per heavy atom. The molecular weight excluding hydrogens is 317 g/mol. The van der Waals surface area contributed by atoms with Gasteiger partial charge in [0, 0.05) is 38.6 Å². The number of benzene rings is 1. The second-order valence-electron chi connectivity index (χ2n) is 5.59. The van der Waals surface area contributed by atoms with Gasteiger partial charge in [0.05, 0.1) is 16.1 Å². The lowest BCUT2D eigenvalue weighted by atomic mass is 9.94. The fourth-order valence-electron chi connectivity index (χ4n) is 3.00. The van der Waals surface area contributed by atoms with Crippen LogP contribution in [0, 0.1) is 6.92 Å². The van der Waals surface area contributed by atoms with E-state index in [1.807, 2.05) is 24.5 Å². The van der Waals surface area contributed by atoms with Gasteiger partial charge in [0.15, 0.2) is 0 Å². The van der Waals surface area contributed by atoms with Crippen LogP contribution in [0.5, 0.6) is 0 Å². The third kappa shape index (κ3) is 3.28. The Kier molecular flexibility index (Phi) is 4.99. The summed E-state index contributed by atoms with van der Waals surface area (Å²) in [6.45, 7) is 6.12. The van der Waals surface area contributed by atoms with Crippen molar-refractivity contribution in [1.29, 1.82) is 0 Å². The summed E-state index contributed by atoms with van der Waals surface area (Å²) in [4.78, 5) is 6.70. The number of rotatable bonds is 3. The summed E-state index contributed by atoms with van der Waals surface area (Å²) in [5.74, 6) is 0. The fourth-order valence-corrected chi connectivity index (χ4v) is 3.31. The van der Waals surface area contributed by atoms with E-state index in [1.54, 1.807) is 0 Å². The Bertz CT molecular complexity index is 654. The van der Waals surface area contributed by atoms with Crippen molar-refractivity contribution in [3.05, 3.63) is 63.4 Å². The van der Waals surface area contributed by atoms with E-state index in [-0.39, 0.29) is 6.04 Å². The van der Waals surface area contributed by atoms with E-state index in [0.29, 0.717) is 10.0 Å². The smallest absolute Gasteiger partial charge is 0.0606 e. The summed E-state index contributed by atoms with van der Waals surface area (Å²) >= 11 is 12.3. The number of halogens is 2. The predicted molar refractivity (Wildman–Crippen MR) is 91.7 cm³/mol. The molecule has 1 unspecified atom stereocenters. The van der Waals surface area contributed by atoms with Crippen LogP contribution in [0.25, 0.3) is 0 Å². The van der Waals surface area contributed by atoms with Crippen LogP contribution in [0.2, 0.25) is 10.0 Å². The zero-order valence-electron chi connectivity index (χ0n) is 12.5. The first-order chi connectivity index (χ1) is 10.7. The Hall–Kier alpha value is -1.13. The normalized spacial score (nSPS) is 17.4. The highest BCUT2D eigenvalue weighted by Crippen LogP contribution is 2.34. The minimum atomic E-state index is 0.180. The summed E-state index contributed by atoms with van der Waals surface area (Å²) in [5, 5.41) is 4.60. The van der Waals surface area contributed by atoms with E-state index in [0.717, 1.165) is 26.2 Å². The van der Waals surface area contributed by atoms with Crippen LogP contribution >= 0.6 is 23.2 Å². The van der Waals surface area contributed by atoms with Crippen molar-refractivity contribution >= 4 is 23.2 Å². The van der Waals surface area contributed by atoms with Gasteiger partial charge in [-0.1, -0.05) is 29.3 Å². The third-order valence-electron chi connectivity index (χ3n) is 4.13. The molecule has 0 saturated carbocycles. The first-order valence-electron chi connectivity index (χ1n) is 7.47. The zero-order chi connectivity index (χ0) is 15.5. The summed E-state index contributed by atoms with van der Waals surface area (Å²) in [5.41, 5.74) is 3.64. The number of hydrogen-bond acceptors (Lipinski definition) is 3. The highest BCUT2D eigenvalue weighted by molar-refractivity contribution is 6.42. The molecule has 116 valence electrons. The maximum absolute atomic E-state index is 6.25. The number of piperazine rings is 1. The second kappa shape index (κ2) is 6.97. The SMILES string of the molecule is Cc1cnccc1C(c1ccc(Cl)c(Cl)c1)N1CCNCC1. The van der Waals surface area contributed by atoms with Crippen LogP contribution in [0.3, 0.4) is 0 Å². The summed E-state index contributed by atoms with van der Waals surface area (Å²) in [7, 11) is 0. The number of pyridine rings is 1. The van der Waals surface area contributed by atoms with Crippen LogP contribution in [0.4, 0.5) is 0 Å². The van der Waals surface area contributed by atoms with E-state index in [2.05, 4.69) is 34.3 Å². The molecule has 1 aliphatic rings. The summed E-state index contributed by atoms with van der Waals surface area (Å²) < 4.78 is 0. The summed E-state index contributed by atoms with van der Waals surface area (Å²) in [6, 6.07) is 8.21. The molecule has 3 nitrogen and oxygen atoms in total. The van der Waals surface area contributed by atoms with Crippen molar-refractivity contribution in [3.63, 3.8) is 0 Å². The second-order valence-corrected chi connectivity index (χ2v) is 6.41. The van der Waals surface area contributed by atoms with Crippen molar-refractivity contribution in [2.24, 2.45) is 0 Å². The molecule has 0 aliphatic carbocycles. The van der Waals surface area contributed by atoms with Gasteiger partial charge in [0.1, 0.15) is 0 Å². The quantitative estimate of drug-likeness (QED) is 0.927. The topological polar surface area (TPSA) is 28.2 Å². The zero-order valence-corrected chi connectivity index (χ0v) is 14.0. The molecule has 1 fully saturated rings. The van der Waals surface area contributed by atoms with Gasteiger partial charge < -0.3 is 5.32 Å². The number of nitrogens with zero attached hydrogens (tertiary/aromatic N) is 2. The van der Waals surface area contributed by atoms with Gasteiger partial charge in [-0.2, -0.15) is 0 Å².